The van der Waals surface area contributed by atoms with Crippen LogP contribution in [0.3, 0.4) is 0 Å². The van der Waals surface area contributed by atoms with E-state index >= 15 is 0 Å². The number of halogens is 1. The number of carboxylic acid groups (broad SMARTS) is 1. The van der Waals surface area contributed by atoms with Crippen molar-refractivity contribution in [2.45, 2.75) is 0 Å². The van der Waals surface area contributed by atoms with Crippen molar-refractivity contribution in [1.29, 1.82) is 0 Å². The Morgan fingerprint density at radius 3 is 2.41 bits per heavy atom. The summed E-state index contributed by atoms with van der Waals surface area (Å²) in [4.78, 5) is 22.1. The normalized spacial score (nSPS) is 10.6. The van der Waals surface area contributed by atoms with Gasteiger partial charge in [0.2, 0.25) is 0 Å². The molecule has 0 saturated heterocycles. The molecule has 0 saturated carbocycles. The SMILES string of the molecule is O=C([O-])COc1ccc(/C=C/C(=O)c2ccccc2F)cc1. The van der Waals surface area contributed by atoms with Gasteiger partial charge in [0, 0.05) is 0 Å². The van der Waals surface area contributed by atoms with Crippen LogP contribution in [0.1, 0.15) is 15.9 Å². The molecule has 0 heterocycles. The summed E-state index contributed by atoms with van der Waals surface area (Å²) in [6, 6.07) is 12.2. The molecule has 0 N–H and O–H groups in total. The van der Waals surface area contributed by atoms with Crippen molar-refractivity contribution in [3.63, 3.8) is 0 Å². The quantitative estimate of drug-likeness (QED) is 0.603. The van der Waals surface area contributed by atoms with Crippen molar-refractivity contribution in [3.8, 4) is 5.75 Å². The lowest BCUT2D eigenvalue weighted by atomic mass is 10.1. The number of ether oxygens (including phenoxy) is 1. The molecule has 4 nitrogen and oxygen atoms in total. The Balaban J connectivity index is 2.02. The van der Waals surface area contributed by atoms with Gasteiger partial charge in [0.25, 0.3) is 0 Å². The lowest BCUT2D eigenvalue weighted by Gasteiger charge is -2.06. The van der Waals surface area contributed by atoms with Gasteiger partial charge in [-0.2, -0.15) is 0 Å². The molecule has 0 amide bonds. The number of allylic oxidation sites excluding steroid dienone is 1. The minimum absolute atomic E-state index is 0.00709. The van der Waals surface area contributed by atoms with Crippen LogP contribution in [0, 0.1) is 5.82 Å². The summed E-state index contributed by atoms with van der Waals surface area (Å²) in [5.41, 5.74) is 0.707. The van der Waals surface area contributed by atoms with E-state index in [2.05, 4.69) is 0 Å². The molecule has 112 valence electrons. The molecule has 0 aromatic heterocycles. The van der Waals surface area contributed by atoms with E-state index in [1.165, 1.54) is 30.4 Å². The summed E-state index contributed by atoms with van der Waals surface area (Å²) in [6.45, 7) is -0.527. The smallest absolute Gasteiger partial charge is 0.188 e. The van der Waals surface area contributed by atoms with Gasteiger partial charge in [0.1, 0.15) is 18.2 Å². The van der Waals surface area contributed by atoms with Crippen molar-refractivity contribution in [2.75, 3.05) is 6.61 Å². The van der Waals surface area contributed by atoms with Gasteiger partial charge in [0.15, 0.2) is 5.78 Å². The second kappa shape index (κ2) is 7.17. The van der Waals surface area contributed by atoms with E-state index in [1.54, 1.807) is 30.3 Å². The first-order chi connectivity index (χ1) is 10.6. The summed E-state index contributed by atoms with van der Waals surface area (Å²) in [5, 5.41) is 10.3. The van der Waals surface area contributed by atoms with Crippen LogP contribution in [0.25, 0.3) is 6.08 Å². The molecule has 0 spiro atoms. The maximum atomic E-state index is 13.4. The number of carboxylic acids is 1. The van der Waals surface area contributed by atoms with Crippen LogP contribution in [0.5, 0.6) is 5.75 Å². The molecular weight excluding hydrogens is 287 g/mol. The number of aliphatic carboxylic acids is 1. The van der Waals surface area contributed by atoms with Gasteiger partial charge in [-0.1, -0.05) is 30.3 Å². The molecule has 22 heavy (non-hydrogen) atoms. The van der Waals surface area contributed by atoms with Crippen molar-refractivity contribution >= 4 is 17.8 Å². The van der Waals surface area contributed by atoms with Gasteiger partial charge in [-0.3, -0.25) is 4.79 Å². The summed E-state index contributed by atoms with van der Waals surface area (Å²) in [5.74, 6) is -1.93. The van der Waals surface area contributed by atoms with Crippen molar-refractivity contribution in [2.24, 2.45) is 0 Å². The van der Waals surface area contributed by atoms with Crippen LogP contribution in [0.2, 0.25) is 0 Å². The molecule has 5 heteroatoms. The highest BCUT2D eigenvalue weighted by atomic mass is 19.1. The highest BCUT2D eigenvalue weighted by molar-refractivity contribution is 6.06. The van der Waals surface area contributed by atoms with E-state index in [9.17, 15) is 19.1 Å². The van der Waals surface area contributed by atoms with E-state index in [1.807, 2.05) is 0 Å². The zero-order valence-electron chi connectivity index (χ0n) is 11.5. The molecule has 0 radical (unpaired) electrons. The molecule has 0 aliphatic heterocycles. The van der Waals surface area contributed by atoms with E-state index in [4.69, 9.17) is 4.74 Å². The molecule has 0 bridgehead atoms. The van der Waals surface area contributed by atoms with Gasteiger partial charge in [0.05, 0.1) is 11.5 Å². The highest BCUT2D eigenvalue weighted by Crippen LogP contribution is 2.14. The average Bonchev–Trinajstić information content (AvgIpc) is 2.52. The number of hydrogen-bond donors (Lipinski definition) is 0. The fourth-order valence-electron chi connectivity index (χ4n) is 1.74. The zero-order valence-corrected chi connectivity index (χ0v) is 11.5. The van der Waals surface area contributed by atoms with Gasteiger partial charge in [-0.25, -0.2) is 4.39 Å². The number of benzene rings is 2. The molecular formula is C17H12FO4-. The predicted octanol–water partition coefficient (Wildman–Crippen LogP) is 1.85. The summed E-state index contributed by atoms with van der Waals surface area (Å²) < 4.78 is 18.4. The van der Waals surface area contributed by atoms with E-state index in [0.717, 1.165) is 0 Å². The Hall–Kier alpha value is -2.95. The van der Waals surface area contributed by atoms with Crippen molar-refractivity contribution in [1.82, 2.24) is 0 Å². The van der Waals surface area contributed by atoms with E-state index < -0.39 is 24.2 Å². The number of ketones is 1. The fraction of sp³-hybridized carbons (Fsp3) is 0.0588. The first-order valence-electron chi connectivity index (χ1n) is 6.46. The monoisotopic (exact) mass is 299 g/mol. The van der Waals surface area contributed by atoms with E-state index in [-0.39, 0.29) is 5.56 Å². The zero-order chi connectivity index (χ0) is 15.9. The third-order valence-electron chi connectivity index (χ3n) is 2.80. The molecule has 2 aromatic carbocycles. The number of rotatable bonds is 6. The highest BCUT2D eigenvalue weighted by Gasteiger charge is 2.06. The Kier molecular flexibility index (Phi) is 5.03. The van der Waals surface area contributed by atoms with Crippen LogP contribution < -0.4 is 9.84 Å². The van der Waals surface area contributed by atoms with Crippen molar-refractivity contribution < 1.29 is 23.8 Å². The minimum atomic E-state index is -1.31. The lowest BCUT2D eigenvalue weighted by Crippen LogP contribution is -2.28. The summed E-state index contributed by atoms with van der Waals surface area (Å²) in [6.07, 6.45) is 2.81. The molecule has 0 unspecified atom stereocenters. The first-order valence-corrected chi connectivity index (χ1v) is 6.46. The van der Waals surface area contributed by atoms with Crippen LogP contribution in [-0.2, 0) is 4.79 Å². The van der Waals surface area contributed by atoms with Gasteiger partial charge < -0.3 is 14.6 Å². The van der Waals surface area contributed by atoms with E-state index in [0.29, 0.717) is 11.3 Å². The molecule has 0 aliphatic carbocycles. The second-order valence-electron chi connectivity index (χ2n) is 4.41. The molecule has 2 aromatic rings. The van der Waals surface area contributed by atoms with Crippen LogP contribution in [0.15, 0.2) is 54.6 Å². The number of carbonyl (C=O) groups is 2. The maximum absolute atomic E-state index is 13.4. The Bertz CT molecular complexity index is 705. The minimum Gasteiger partial charge on any atom is -0.546 e. The predicted molar refractivity (Wildman–Crippen MR) is 76.7 cm³/mol. The number of carbonyl (C=O) groups excluding carboxylic acids is 2. The summed E-state index contributed by atoms with van der Waals surface area (Å²) in [7, 11) is 0. The Morgan fingerprint density at radius 1 is 1.09 bits per heavy atom. The van der Waals surface area contributed by atoms with Gasteiger partial charge in [-0.05, 0) is 35.9 Å². The summed E-state index contributed by atoms with van der Waals surface area (Å²) >= 11 is 0. The standard InChI is InChI=1S/C17H13FO4/c18-15-4-2-1-3-14(15)16(19)10-7-12-5-8-13(9-6-12)22-11-17(20)21/h1-10H,11H2,(H,20,21)/p-1/b10-7+. The second-order valence-corrected chi connectivity index (χ2v) is 4.41. The van der Waals surface area contributed by atoms with Crippen molar-refractivity contribution in [3.05, 3.63) is 71.6 Å². The third-order valence-corrected chi connectivity index (χ3v) is 2.80. The van der Waals surface area contributed by atoms with Crippen LogP contribution >= 0.6 is 0 Å². The van der Waals surface area contributed by atoms with Gasteiger partial charge >= 0.3 is 0 Å². The van der Waals surface area contributed by atoms with Crippen LogP contribution in [0.4, 0.5) is 4.39 Å². The molecule has 0 aliphatic rings. The fourth-order valence-corrected chi connectivity index (χ4v) is 1.74. The molecule has 0 fully saturated rings. The Morgan fingerprint density at radius 2 is 1.77 bits per heavy atom. The Labute approximate surface area is 126 Å². The topological polar surface area (TPSA) is 66.4 Å². The molecule has 0 atom stereocenters. The number of hydrogen-bond acceptors (Lipinski definition) is 4. The third kappa shape index (κ3) is 4.28. The van der Waals surface area contributed by atoms with Crippen LogP contribution in [-0.4, -0.2) is 18.4 Å². The average molecular weight is 299 g/mol. The van der Waals surface area contributed by atoms with Gasteiger partial charge in [-0.15, -0.1) is 0 Å². The lowest BCUT2D eigenvalue weighted by molar-refractivity contribution is -0.307. The largest absolute Gasteiger partial charge is 0.546 e. The maximum Gasteiger partial charge on any atom is 0.188 e. The molecule has 2 rings (SSSR count). The first kappa shape index (κ1) is 15.4.